The zero-order valence-electron chi connectivity index (χ0n) is 8.16. The third-order valence-corrected chi connectivity index (χ3v) is 2.03. The molecule has 0 saturated heterocycles. The van der Waals surface area contributed by atoms with Gasteiger partial charge in [0.2, 0.25) is 0 Å². The molecule has 0 unspecified atom stereocenters. The van der Waals surface area contributed by atoms with Crippen molar-refractivity contribution in [2.24, 2.45) is 0 Å². The van der Waals surface area contributed by atoms with Crippen LogP contribution < -0.4 is 11.1 Å². The molecule has 0 bridgehead atoms. The van der Waals surface area contributed by atoms with Crippen molar-refractivity contribution < 1.29 is 4.39 Å². The maximum atomic E-state index is 13.0. The summed E-state index contributed by atoms with van der Waals surface area (Å²) in [4.78, 5) is 0. The van der Waals surface area contributed by atoms with Gasteiger partial charge in [0.05, 0.1) is 11.8 Å². The Morgan fingerprint density at radius 3 is 2.94 bits per heavy atom. The Hall–Kier alpha value is -2.55. The van der Waals surface area contributed by atoms with Gasteiger partial charge in [-0.3, -0.25) is 5.10 Å². The number of nitrogen functional groups attached to an aromatic ring is 1. The van der Waals surface area contributed by atoms with Crippen LogP contribution in [0, 0.1) is 17.1 Å². The molecule has 16 heavy (non-hydrogen) atoms. The van der Waals surface area contributed by atoms with E-state index in [1.165, 1.54) is 24.4 Å². The Morgan fingerprint density at radius 2 is 2.31 bits per heavy atom. The standard InChI is InChI=1S/C10H8FN5/c11-8-2-1-7(3-6(8)4-12)15-9-5-14-16-10(9)13/h1-3,5,15H,(H3,13,14,16). The second-order valence-electron chi connectivity index (χ2n) is 3.13. The Balaban J connectivity index is 2.30. The number of anilines is 3. The lowest BCUT2D eigenvalue weighted by Gasteiger charge is -2.04. The van der Waals surface area contributed by atoms with Crippen LogP contribution in [0.5, 0.6) is 0 Å². The Labute approximate surface area is 90.7 Å². The van der Waals surface area contributed by atoms with Gasteiger partial charge in [0, 0.05) is 5.69 Å². The molecule has 1 aromatic heterocycles. The molecule has 0 amide bonds. The lowest BCUT2D eigenvalue weighted by molar-refractivity contribution is 0.624. The molecule has 0 atom stereocenters. The summed E-state index contributed by atoms with van der Waals surface area (Å²) >= 11 is 0. The molecular weight excluding hydrogens is 209 g/mol. The zero-order chi connectivity index (χ0) is 11.5. The number of nitriles is 1. The van der Waals surface area contributed by atoms with Gasteiger partial charge in [0.15, 0.2) is 0 Å². The normalized spacial score (nSPS) is 9.75. The predicted molar refractivity (Wildman–Crippen MR) is 57.4 cm³/mol. The topological polar surface area (TPSA) is 90.5 Å². The number of hydrogen-bond acceptors (Lipinski definition) is 4. The second kappa shape index (κ2) is 3.90. The lowest BCUT2D eigenvalue weighted by atomic mass is 10.2. The number of H-pyrrole nitrogens is 1. The van der Waals surface area contributed by atoms with Gasteiger partial charge in [-0.15, -0.1) is 0 Å². The summed E-state index contributed by atoms with van der Waals surface area (Å²) in [5.41, 5.74) is 6.70. The zero-order valence-corrected chi connectivity index (χ0v) is 8.16. The predicted octanol–water partition coefficient (Wildman–Crippen LogP) is 1.75. The van der Waals surface area contributed by atoms with Crippen LogP contribution in [0.1, 0.15) is 5.56 Å². The van der Waals surface area contributed by atoms with E-state index >= 15 is 0 Å². The summed E-state index contributed by atoms with van der Waals surface area (Å²) < 4.78 is 13.0. The largest absolute Gasteiger partial charge is 0.382 e. The van der Waals surface area contributed by atoms with Crippen molar-refractivity contribution >= 4 is 17.2 Å². The van der Waals surface area contributed by atoms with Crippen LogP contribution in [0.15, 0.2) is 24.4 Å². The first-order chi connectivity index (χ1) is 7.70. The highest BCUT2D eigenvalue weighted by Crippen LogP contribution is 2.21. The van der Waals surface area contributed by atoms with Crippen molar-refractivity contribution in [1.82, 2.24) is 10.2 Å². The monoisotopic (exact) mass is 217 g/mol. The van der Waals surface area contributed by atoms with Crippen LogP contribution in [-0.4, -0.2) is 10.2 Å². The molecular formula is C10H8FN5. The maximum absolute atomic E-state index is 13.0. The van der Waals surface area contributed by atoms with Crippen molar-refractivity contribution in [2.45, 2.75) is 0 Å². The van der Waals surface area contributed by atoms with Crippen LogP contribution in [0.25, 0.3) is 0 Å². The highest BCUT2D eigenvalue weighted by atomic mass is 19.1. The van der Waals surface area contributed by atoms with Gasteiger partial charge in [-0.2, -0.15) is 10.4 Å². The number of nitrogens with zero attached hydrogens (tertiary/aromatic N) is 2. The summed E-state index contributed by atoms with van der Waals surface area (Å²) in [5, 5.41) is 17.9. The van der Waals surface area contributed by atoms with E-state index in [0.717, 1.165) is 0 Å². The van der Waals surface area contributed by atoms with Gasteiger partial charge >= 0.3 is 0 Å². The number of hydrogen-bond donors (Lipinski definition) is 3. The minimum Gasteiger partial charge on any atom is -0.382 e. The van der Waals surface area contributed by atoms with E-state index in [4.69, 9.17) is 11.0 Å². The smallest absolute Gasteiger partial charge is 0.143 e. The number of aromatic amines is 1. The average Bonchev–Trinajstić information content (AvgIpc) is 2.67. The quantitative estimate of drug-likeness (QED) is 0.714. The number of halogens is 1. The molecule has 0 aliphatic carbocycles. The first-order valence-corrected chi connectivity index (χ1v) is 4.46. The summed E-state index contributed by atoms with van der Waals surface area (Å²) in [6, 6.07) is 5.90. The third kappa shape index (κ3) is 1.79. The van der Waals surface area contributed by atoms with Gasteiger partial charge in [-0.1, -0.05) is 0 Å². The van der Waals surface area contributed by atoms with Crippen LogP contribution in [0.2, 0.25) is 0 Å². The Kier molecular flexibility index (Phi) is 2.44. The average molecular weight is 217 g/mol. The molecule has 4 N–H and O–H groups in total. The minimum absolute atomic E-state index is 0.0212. The molecule has 0 aliphatic rings. The van der Waals surface area contributed by atoms with Gasteiger partial charge in [0.1, 0.15) is 23.4 Å². The number of nitrogens with one attached hydrogen (secondary N) is 2. The van der Waals surface area contributed by atoms with Crippen LogP contribution in [0.3, 0.4) is 0 Å². The van der Waals surface area contributed by atoms with Gasteiger partial charge in [-0.25, -0.2) is 4.39 Å². The highest BCUT2D eigenvalue weighted by molar-refractivity contribution is 5.69. The fourth-order valence-electron chi connectivity index (χ4n) is 1.24. The van der Waals surface area contributed by atoms with Crippen LogP contribution in [0.4, 0.5) is 21.6 Å². The molecule has 0 spiro atoms. The highest BCUT2D eigenvalue weighted by Gasteiger charge is 2.05. The molecule has 0 saturated carbocycles. The second-order valence-corrected chi connectivity index (χ2v) is 3.13. The summed E-state index contributed by atoms with van der Waals surface area (Å²) in [5.74, 6) is -0.170. The molecule has 0 radical (unpaired) electrons. The van der Waals surface area contributed by atoms with Crippen LogP contribution >= 0.6 is 0 Å². The van der Waals surface area contributed by atoms with Crippen molar-refractivity contribution in [1.29, 1.82) is 5.26 Å². The van der Waals surface area contributed by atoms with Crippen molar-refractivity contribution in [2.75, 3.05) is 11.1 Å². The van der Waals surface area contributed by atoms with E-state index in [1.807, 2.05) is 0 Å². The van der Waals surface area contributed by atoms with E-state index in [1.54, 1.807) is 6.07 Å². The lowest BCUT2D eigenvalue weighted by Crippen LogP contribution is -1.95. The van der Waals surface area contributed by atoms with E-state index in [0.29, 0.717) is 17.2 Å². The van der Waals surface area contributed by atoms with E-state index in [-0.39, 0.29) is 5.56 Å². The summed E-state index contributed by atoms with van der Waals surface area (Å²) in [7, 11) is 0. The number of benzene rings is 1. The fraction of sp³-hybridized carbons (Fsp3) is 0. The molecule has 1 heterocycles. The molecule has 0 fully saturated rings. The van der Waals surface area contributed by atoms with Gasteiger partial charge < -0.3 is 11.1 Å². The third-order valence-electron chi connectivity index (χ3n) is 2.03. The first-order valence-electron chi connectivity index (χ1n) is 4.46. The van der Waals surface area contributed by atoms with Crippen LogP contribution in [-0.2, 0) is 0 Å². The molecule has 5 nitrogen and oxygen atoms in total. The molecule has 80 valence electrons. The van der Waals surface area contributed by atoms with E-state index in [9.17, 15) is 4.39 Å². The molecule has 6 heteroatoms. The Bertz CT molecular complexity index is 555. The molecule has 0 aliphatic heterocycles. The van der Waals surface area contributed by atoms with Crippen molar-refractivity contribution in [3.63, 3.8) is 0 Å². The van der Waals surface area contributed by atoms with Crippen molar-refractivity contribution in [3.05, 3.63) is 35.8 Å². The molecule has 1 aromatic carbocycles. The summed E-state index contributed by atoms with van der Waals surface area (Å²) in [6.07, 6.45) is 1.50. The van der Waals surface area contributed by atoms with Crippen molar-refractivity contribution in [3.8, 4) is 6.07 Å². The van der Waals surface area contributed by atoms with E-state index < -0.39 is 5.82 Å². The number of aromatic nitrogens is 2. The minimum atomic E-state index is -0.548. The number of nitrogens with two attached hydrogens (primary N) is 1. The maximum Gasteiger partial charge on any atom is 0.143 e. The summed E-state index contributed by atoms with van der Waals surface area (Å²) in [6.45, 7) is 0. The Morgan fingerprint density at radius 1 is 1.50 bits per heavy atom. The van der Waals surface area contributed by atoms with E-state index in [2.05, 4.69) is 15.5 Å². The van der Waals surface area contributed by atoms with Gasteiger partial charge in [0.25, 0.3) is 0 Å². The molecule has 2 aromatic rings. The fourth-order valence-corrected chi connectivity index (χ4v) is 1.24. The first kappa shape index (κ1) is 9.98. The van der Waals surface area contributed by atoms with Gasteiger partial charge in [-0.05, 0) is 18.2 Å². The SMILES string of the molecule is N#Cc1cc(Nc2cn[nH]c2N)ccc1F. The number of rotatable bonds is 2. The molecule has 2 rings (SSSR count).